The van der Waals surface area contributed by atoms with Crippen molar-refractivity contribution in [1.82, 2.24) is 9.88 Å². The summed E-state index contributed by atoms with van der Waals surface area (Å²) in [4.78, 5) is 21.3. The number of hydrogen-bond donors (Lipinski definition) is 0. The van der Waals surface area contributed by atoms with Crippen molar-refractivity contribution in [2.45, 2.75) is 19.3 Å². The molecule has 0 N–H and O–H groups in total. The molecule has 3 aromatic rings. The van der Waals surface area contributed by atoms with Crippen LogP contribution in [0, 0.1) is 6.92 Å². The summed E-state index contributed by atoms with van der Waals surface area (Å²) in [7, 11) is 1.67. The van der Waals surface area contributed by atoms with Gasteiger partial charge in [-0.15, -0.1) is 22.7 Å². The highest BCUT2D eigenvalue weighted by Gasteiger charge is 2.30. The van der Waals surface area contributed by atoms with E-state index >= 15 is 0 Å². The maximum Gasteiger partial charge on any atom is 0.265 e. The minimum absolute atomic E-state index is 0.0786. The molecule has 1 atom stereocenters. The van der Waals surface area contributed by atoms with Gasteiger partial charge < -0.3 is 9.64 Å². The number of rotatable bonds is 4. The number of hydrogen-bond acceptors (Lipinski definition) is 5. The average molecular weight is 419 g/mol. The van der Waals surface area contributed by atoms with Crippen molar-refractivity contribution in [3.8, 4) is 15.6 Å². The van der Waals surface area contributed by atoms with Crippen molar-refractivity contribution in [2.24, 2.45) is 0 Å². The second kappa shape index (κ2) is 7.62. The maximum absolute atomic E-state index is 13.0. The summed E-state index contributed by atoms with van der Waals surface area (Å²) in [6, 6.07) is 12.0. The van der Waals surface area contributed by atoms with Crippen molar-refractivity contribution in [2.75, 3.05) is 20.2 Å². The number of nitrogens with zero attached hydrogens (tertiary/aromatic N) is 2. The molecule has 1 amide bonds. The number of likely N-dealkylation sites (tertiary alicyclic amines) is 1. The summed E-state index contributed by atoms with van der Waals surface area (Å²) in [6.07, 6.45) is 0.976. The van der Waals surface area contributed by atoms with E-state index < -0.39 is 0 Å². The number of thiophene rings is 1. The van der Waals surface area contributed by atoms with Gasteiger partial charge in [-0.2, -0.15) is 0 Å². The van der Waals surface area contributed by atoms with E-state index in [1.165, 1.54) is 28.2 Å². The topological polar surface area (TPSA) is 42.4 Å². The molecule has 3 heterocycles. The first-order valence-electron chi connectivity index (χ1n) is 8.71. The fourth-order valence-electron chi connectivity index (χ4n) is 3.37. The van der Waals surface area contributed by atoms with Gasteiger partial charge in [-0.3, -0.25) is 4.79 Å². The molecular formula is C20H19ClN2O2S2. The van der Waals surface area contributed by atoms with E-state index in [9.17, 15) is 4.79 Å². The molecule has 1 saturated heterocycles. The van der Waals surface area contributed by atoms with Crippen molar-refractivity contribution < 1.29 is 9.53 Å². The fraction of sp³-hybridized carbons (Fsp3) is 0.300. The molecule has 1 aliphatic heterocycles. The normalized spacial score (nSPS) is 16.7. The Balaban J connectivity index is 1.49. The number of methoxy groups -OCH3 is 1. The Morgan fingerprint density at radius 2 is 2.00 bits per heavy atom. The summed E-state index contributed by atoms with van der Waals surface area (Å²) in [5, 5.41) is 0.860. The van der Waals surface area contributed by atoms with Crippen LogP contribution in [-0.2, 0) is 0 Å². The Morgan fingerprint density at radius 1 is 1.22 bits per heavy atom. The Kier molecular flexibility index (Phi) is 5.21. The van der Waals surface area contributed by atoms with Crippen molar-refractivity contribution in [3.05, 3.63) is 56.9 Å². The van der Waals surface area contributed by atoms with Gasteiger partial charge in [0.2, 0.25) is 0 Å². The lowest BCUT2D eigenvalue weighted by Gasteiger charge is -2.16. The van der Waals surface area contributed by atoms with E-state index in [1.54, 1.807) is 7.11 Å². The fourth-order valence-corrected chi connectivity index (χ4v) is 5.50. The highest BCUT2D eigenvalue weighted by molar-refractivity contribution is 7.24. The van der Waals surface area contributed by atoms with E-state index in [1.807, 2.05) is 36.1 Å². The predicted molar refractivity (Wildman–Crippen MR) is 111 cm³/mol. The lowest BCUT2D eigenvalue weighted by Crippen LogP contribution is -2.28. The zero-order valence-corrected chi connectivity index (χ0v) is 17.5. The van der Waals surface area contributed by atoms with Gasteiger partial charge in [0.15, 0.2) is 0 Å². The first kappa shape index (κ1) is 18.5. The van der Waals surface area contributed by atoms with Crippen LogP contribution < -0.4 is 4.74 Å². The number of aryl methyl sites for hydroxylation is 1. The van der Waals surface area contributed by atoms with Crippen molar-refractivity contribution in [3.63, 3.8) is 0 Å². The number of aromatic nitrogens is 1. The first-order chi connectivity index (χ1) is 13.0. The third-order valence-corrected chi connectivity index (χ3v) is 7.38. The Labute approximate surface area is 171 Å². The summed E-state index contributed by atoms with van der Waals surface area (Å²) in [5.41, 5.74) is 2.04. The van der Waals surface area contributed by atoms with Crippen molar-refractivity contribution in [1.29, 1.82) is 0 Å². The second-order valence-corrected chi connectivity index (χ2v) is 9.26. The van der Waals surface area contributed by atoms with E-state index in [2.05, 4.69) is 17.1 Å². The summed E-state index contributed by atoms with van der Waals surface area (Å²) < 4.78 is 5.95. The SMILES string of the molecule is COc1ccc(C2CCN(C(=O)c3sc(-c4ccc(Cl)s4)nc3C)C2)cc1. The highest BCUT2D eigenvalue weighted by Crippen LogP contribution is 2.36. The van der Waals surface area contributed by atoms with Crippen LogP contribution in [-0.4, -0.2) is 36.0 Å². The molecule has 7 heteroatoms. The van der Waals surface area contributed by atoms with Crippen LogP contribution in [0.5, 0.6) is 5.75 Å². The van der Waals surface area contributed by atoms with E-state index in [-0.39, 0.29) is 5.91 Å². The Morgan fingerprint density at radius 3 is 2.67 bits per heavy atom. The lowest BCUT2D eigenvalue weighted by atomic mass is 9.98. The molecule has 2 aromatic heterocycles. The molecule has 0 aliphatic carbocycles. The van der Waals surface area contributed by atoms with Gasteiger partial charge in [0.25, 0.3) is 5.91 Å². The Hall–Kier alpha value is -1.89. The standard InChI is InChI=1S/C20H19ClN2O2S2/c1-12-18(27-19(22-12)16-7-8-17(21)26-16)20(24)23-10-9-14(11-23)13-3-5-15(25-2)6-4-13/h3-8,14H,9-11H2,1-2H3. The molecule has 1 aromatic carbocycles. The Bertz CT molecular complexity index is 965. The van der Waals surface area contributed by atoms with Gasteiger partial charge in [-0.25, -0.2) is 4.98 Å². The number of amides is 1. The lowest BCUT2D eigenvalue weighted by molar-refractivity contribution is 0.0794. The maximum atomic E-state index is 13.0. The highest BCUT2D eigenvalue weighted by atomic mass is 35.5. The molecule has 27 heavy (non-hydrogen) atoms. The monoisotopic (exact) mass is 418 g/mol. The molecule has 140 valence electrons. The smallest absolute Gasteiger partial charge is 0.265 e. The summed E-state index contributed by atoms with van der Waals surface area (Å²) in [5.74, 6) is 1.30. The largest absolute Gasteiger partial charge is 0.497 e. The van der Waals surface area contributed by atoms with E-state index in [0.717, 1.165) is 50.1 Å². The first-order valence-corrected chi connectivity index (χ1v) is 10.7. The van der Waals surface area contributed by atoms with E-state index in [0.29, 0.717) is 5.92 Å². The van der Waals surface area contributed by atoms with Crippen LogP contribution >= 0.6 is 34.3 Å². The van der Waals surface area contributed by atoms with Crippen LogP contribution in [0.2, 0.25) is 4.34 Å². The molecule has 0 bridgehead atoms. The van der Waals surface area contributed by atoms with Crippen LogP contribution in [0.4, 0.5) is 0 Å². The summed E-state index contributed by atoms with van der Waals surface area (Å²) >= 11 is 8.97. The molecule has 4 rings (SSSR count). The molecule has 1 unspecified atom stereocenters. The zero-order chi connectivity index (χ0) is 19.0. The number of carbonyl (C=O) groups is 1. The molecule has 0 spiro atoms. The number of benzene rings is 1. The zero-order valence-electron chi connectivity index (χ0n) is 15.1. The third-order valence-electron chi connectivity index (χ3n) is 4.84. The van der Waals surface area contributed by atoms with Crippen molar-refractivity contribution >= 4 is 40.2 Å². The second-order valence-electron chi connectivity index (χ2n) is 6.55. The molecule has 0 saturated carbocycles. The van der Waals surface area contributed by atoms with Gasteiger partial charge in [0, 0.05) is 19.0 Å². The average Bonchev–Trinajstić information content (AvgIpc) is 3.41. The quantitative estimate of drug-likeness (QED) is 0.564. The number of thiazole rings is 1. The van der Waals surface area contributed by atoms with Gasteiger partial charge in [0.05, 0.1) is 22.0 Å². The van der Waals surface area contributed by atoms with E-state index in [4.69, 9.17) is 16.3 Å². The van der Waals surface area contributed by atoms with Crippen LogP contribution in [0.1, 0.15) is 33.3 Å². The van der Waals surface area contributed by atoms with Crippen LogP contribution in [0.3, 0.4) is 0 Å². The molecule has 4 nitrogen and oxygen atoms in total. The number of carbonyl (C=O) groups excluding carboxylic acids is 1. The minimum Gasteiger partial charge on any atom is -0.497 e. The predicted octanol–water partition coefficient (Wildman–Crippen LogP) is 5.47. The van der Waals surface area contributed by atoms with Gasteiger partial charge in [0.1, 0.15) is 15.6 Å². The van der Waals surface area contributed by atoms with Gasteiger partial charge in [-0.1, -0.05) is 23.7 Å². The minimum atomic E-state index is 0.0786. The molecular weight excluding hydrogens is 400 g/mol. The van der Waals surface area contributed by atoms with Crippen LogP contribution in [0.15, 0.2) is 36.4 Å². The third kappa shape index (κ3) is 3.74. The number of ether oxygens (including phenoxy) is 1. The molecule has 1 aliphatic rings. The molecule has 1 fully saturated rings. The number of halogens is 1. The summed E-state index contributed by atoms with van der Waals surface area (Å²) in [6.45, 7) is 3.41. The van der Waals surface area contributed by atoms with Gasteiger partial charge >= 0.3 is 0 Å². The molecule has 0 radical (unpaired) electrons. The van der Waals surface area contributed by atoms with Gasteiger partial charge in [-0.05, 0) is 43.2 Å². The van der Waals surface area contributed by atoms with Crippen LogP contribution in [0.25, 0.3) is 9.88 Å².